The van der Waals surface area contributed by atoms with E-state index in [9.17, 15) is 19.2 Å². The highest BCUT2D eigenvalue weighted by atomic mass is 16.6. The topological polar surface area (TPSA) is 118 Å². The van der Waals surface area contributed by atoms with Crippen LogP contribution in [0.25, 0.3) is 0 Å². The van der Waals surface area contributed by atoms with Gasteiger partial charge < -0.3 is 38.5 Å². The molecule has 0 aromatic heterocycles. The first-order valence-electron chi connectivity index (χ1n) is 16.7. The van der Waals surface area contributed by atoms with Crippen LogP contribution in [0.5, 0.6) is 0 Å². The van der Waals surface area contributed by atoms with Gasteiger partial charge in [-0.1, -0.05) is 24.3 Å². The first kappa shape index (κ1) is 44.3. The second kappa shape index (κ2) is 20.0. The second-order valence-electron chi connectivity index (χ2n) is 15.5. The Morgan fingerprint density at radius 2 is 0.646 bits per heavy atom. The van der Waals surface area contributed by atoms with Gasteiger partial charge in [-0.05, 0) is 95.9 Å². The average Bonchev–Trinajstić information content (AvgIpc) is 2.88. The number of hydrogen-bond acceptors (Lipinski definition) is 8. The van der Waals surface area contributed by atoms with Crippen LogP contribution in [0.1, 0.15) is 95.9 Å². The fourth-order valence-electron chi connectivity index (χ4n) is 3.95. The normalized spacial score (nSPS) is 12.2. The molecule has 0 heterocycles. The third-order valence-electron chi connectivity index (χ3n) is 5.84. The number of hydrogen-bond donors (Lipinski definition) is 0. The average molecular weight is 681 g/mol. The van der Waals surface area contributed by atoms with Crippen LogP contribution in [0.3, 0.4) is 0 Å². The molecule has 48 heavy (non-hydrogen) atoms. The Labute approximate surface area is 290 Å². The molecule has 0 aromatic carbocycles. The van der Waals surface area contributed by atoms with Crippen LogP contribution in [0.2, 0.25) is 0 Å². The van der Waals surface area contributed by atoms with E-state index in [1.54, 1.807) is 127 Å². The van der Waals surface area contributed by atoms with Crippen molar-refractivity contribution in [2.75, 3.05) is 52.4 Å². The smallest absolute Gasteiger partial charge is 0.410 e. The molecule has 0 bridgehead atoms. The Balaban J connectivity index is 5.68. The van der Waals surface area contributed by atoms with Crippen molar-refractivity contribution in [2.24, 2.45) is 0 Å². The van der Waals surface area contributed by atoms with E-state index >= 15 is 0 Å². The van der Waals surface area contributed by atoms with Crippen molar-refractivity contribution in [1.82, 2.24) is 19.6 Å². The molecule has 0 spiro atoms. The third-order valence-corrected chi connectivity index (χ3v) is 5.84. The molecule has 0 atom stereocenters. The molecule has 0 aliphatic carbocycles. The fourth-order valence-corrected chi connectivity index (χ4v) is 3.95. The minimum absolute atomic E-state index is 0.219. The molecule has 0 radical (unpaired) electrons. The van der Waals surface area contributed by atoms with E-state index in [-0.39, 0.29) is 13.1 Å². The van der Waals surface area contributed by atoms with E-state index < -0.39 is 46.8 Å². The SMILES string of the molecule is C=CCN(CCCN(CC=CCN(CCCN(CC=C)C(=O)OC(C)(C)C)C(=O)OC(C)(C)C)C(=O)OC(C)(C)C)C(=O)OC(C)(C)C. The maximum atomic E-state index is 13.1. The van der Waals surface area contributed by atoms with Crippen molar-refractivity contribution < 1.29 is 38.1 Å². The van der Waals surface area contributed by atoms with Crippen LogP contribution < -0.4 is 0 Å². The molecule has 0 rings (SSSR count). The highest BCUT2D eigenvalue weighted by Gasteiger charge is 2.26. The molecule has 0 aliphatic heterocycles. The summed E-state index contributed by atoms with van der Waals surface area (Å²) >= 11 is 0. The van der Waals surface area contributed by atoms with E-state index in [0.29, 0.717) is 52.1 Å². The summed E-state index contributed by atoms with van der Waals surface area (Å²) in [4.78, 5) is 57.7. The molecule has 0 unspecified atom stereocenters. The van der Waals surface area contributed by atoms with Gasteiger partial charge >= 0.3 is 24.4 Å². The molecule has 0 saturated carbocycles. The molecule has 4 amide bonds. The van der Waals surface area contributed by atoms with Gasteiger partial charge in [-0.15, -0.1) is 13.2 Å². The zero-order chi connectivity index (χ0) is 37.3. The van der Waals surface area contributed by atoms with Crippen molar-refractivity contribution in [1.29, 1.82) is 0 Å². The largest absolute Gasteiger partial charge is 0.444 e. The Morgan fingerprint density at radius 1 is 0.438 bits per heavy atom. The van der Waals surface area contributed by atoms with Crippen molar-refractivity contribution in [3.05, 3.63) is 37.5 Å². The molecule has 0 N–H and O–H groups in total. The van der Waals surface area contributed by atoms with Gasteiger partial charge in [-0.25, -0.2) is 19.2 Å². The van der Waals surface area contributed by atoms with Gasteiger partial charge in [0.05, 0.1) is 0 Å². The van der Waals surface area contributed by atoms with Crippen LogP contribution in [-0.4, -0.2) is 119 Å². The number of amides is 4. The van der Waals surface area contributed by atoms with Crippen molar-refractivity contribution in [2.45, 2.75) is 118 Å². The Hall–Kier alpha value is -3.70. The maximum absolute atomic E-state index is 13.1. The summed E-state index contributed by atoms with van der Waals surface area (Å²) in [6.07, 6.45) is 5.90. The minimum atomic E-state index is -0.698. The Kier molecular flexibility index (Phi) is 18.4. The van der Waals surface area contributed by atoms with Crippen molar-refractivity contribution in [3.63, 3.8) is 0 Å². The summed E-state index contributed by atoms with van der Waals surface area (Å²) in [5.74, 6) is 0. The predicted octanol–water partition coefficient (Wildman–Crippen LogP) is 7.64. The zero-order valence-electron chi connectivity index (χ0n) is 31.8. The lowest BCUT2D eigenvalue weighted by molar-refractivity contribution is 0.0206. The number of carbonyl (C=O) groups excluding carboxylic acids is 4. The van der Waals surface area contributed by atoms with Gasteiger partial charge in [-0.2, -0.15) is 0 Å². The summed E-state index contributed by atoms with van der Waals surface area (Å²) in [6, 6.07) is 0. The molecular formula is C36H64N4O8. The maximum Gasteiger partial charge on any atom is 0.410 e. The molecule has 12 heteroatoms. The van der Waals surface area contributed by atoms with Gasteiger partial charge in [0.25, 0.3) is 0 Å². The predicted molar refractivity (Wildman–Crippen MR) is 190 cm³/mol. The first-order valence-corrected chi connectivity index (χ1v) is 16.7. The van der Waals surface area contributed by atoms with Crippen LogP contribution in [0.15, 0.2) is 37.5 Å². The summed E-state index contributed by atoms with van der Waals surface area (Å²) < 4.78 is 22.3. The van der Waals surface area contributed by atoms with Crippen LogP contribution in [0.4, 0.5) is 19.2 Å². The van der Waals surface area contributed by atoms with E-state index in [0.717, 1.165) is 0 Å². The first-order chi connectivity index (χ1) is 21.9. The van der Waals surface area contributed by atoms with E-state index in [4.69, 9.17) is 18.9 Å². The quantitative estimate of drug-likeness (QED) is 0.121. The van der Waals surface area contributed by atoms with E-state index in [1.807, 2.05) is 0 Å². The molecular weight excluding hydrogens is 616 g/mol. The van der Waals surface area contributed by atoms with Gasteiger partial charge in [0.1, 0.15) is 22.4 Å². The van der Waals surface area contributed by atoms with Crippen molar-refractivity contribution in [3.8, 4) is 0 Å². The van der Waals surface area contributed by atoms with Gasteiger partial charge in [-0.3, -0.25) is 0 Å². The minimum Gasteiger partial charge on any atom is -0.444 e. The lowest BCUT2D eigenvalue weighted by Crippen LogP contribution is -2.41. The second-order valence-corrected chi connectivity index (χ2v) is 15.5. The van der Waals surface area contributed by atoms with Crippen LogP contribution in [0, 0.1) is 0 Å². The lowest BCUT2D eigenvalue weighted by atomic mass is 10.2. The summed E-state index contributed by atoms with van der Waals surface area (Å²) in [6.45, 7) is 31.5. The molecule has 276 valence electrons. The van der Waals surface area contributed by atoms with Crippen molar-refractivity contribution >= 4 is 24.4 Å². The number of nitrogens with zero attached hydrogens (tertiary/aromatic N) is 4. The lowest BCUT2D eigenvalue weighted by Gasteiger charge is -2.29. The summed E-state index contributed by atoms with van der Waals surface area (Å²) in [5.41, 5.74) is -2.67. The standard InChI is InChI=1S/C36H64N4O8/c1-15-21-37(29(41)45-33(3,4)5)25-19-27-39(31(43)47-35(9,10)11)23-17-18-24-40(32(44)48-36(12,13)14)28-20-26-38(22-16-2)30(42)46-34(6,7)8/h15-18H,1-2,19-28H2,3-14H3. The molecule has 0 saturated heterocycles. The molecule has 0 aliphatic rings. The number of rotatable bonds is 16. The van der Waals surface area contributed by atoms with Gasteiger partial charge in [0, 0.05) is 52.4 Å². The molecule has 0 fully saturated rings. The number of carbonyl (C=O) groups is 4. The third kappa shape index (κ3) is 22.0. The molecule has 12 nitrogen and oxygen atoms in total. The highest BCUT2D eigenvalue weighted by Crippen LogP contribution is 2.15. The molecule has 0 aromatic rings. The van der Waals surface area contributed by atoms with E-state index in [2.05, 4.69) is 13.2 Å². The highest BCUT2D eigenvalue weighted by molar-refractivity contribution is 5.70. The summed E-state index contributed by atoms with van der Waals surface area (Å²) in [7, 11) is 0. The van der Waals surface area contributed by atoms with Gasteiger partial charge in [0.2, 0.25) is 0 Å². The van der Waals surface area contributed by atoms with Gasteiger partial charge in [0.15, 0.2) is 0 Å². The van der Waals surface area contributed by atoms with Crippen LogP contribution >= 0.6 is 0 Å². The van der Waals surface area contributed by atoms with E-state index in [1.165, 1.54) is 0 Å². The zero-order valence-corrected chi connectivity index (χ0v) is 31.8. The number of ether oxygens (including phenoxy) is 4. The Morgan fingerprint density at radius 3 is 0.833 bits per heavy atom. The van der Waals surface area contributed by atoms with Crippen LogP contribution in [-0.2, 0) is 18.9 Å². The fraction of sp³-hybridized carbons (Fsp3) is 0.722. The monoisotopic (exact) mass is 680 g/mol. The Bertz CT molecular complexity index is 994. The summed E-state index contributed by atoms with van der Waals surface area (Å²) in [5, 5.41) is 0.